The van der Waals surface area contributed by atoms with Crippen LogP contribution in [0.1, 0.15) is 44.4 Å². The lowest BCUT2D eigenvalue weighted by molar-refractivity contribution is -0.123. The van der Waals surface area contributed by atoms with E-state index in [1.807, 2.05) is 21.0 Å². The van der Waals surface area contributed by atoms with Crippen LogP contribution in [0.5, 0.6) is 0 Å². The van der Waals surface area contributed by atoms with Crippen LogP contribution in [0.15, 0.2) is 24.3 Å². The van der Waals surface area contributed by atoms with Gasteiger partial charge in [0.2, 0.25) is 5.91 Å². The third-order valence-electron chi connectivity index (χ3n) is 4.43. The van der Waals surface area contributed by atoms with Crippen LogP contribution in [0, 0.1) is 5.92 Å². The van der Waals surface area contributed by atoms with Crippen LogP contribution in [0.4, 0.5) is 0 Å². The van der Waals surface area contributed by atoms with E-state index < -0.39 is 6.04 Å². The molecule has 23 heavy (non-hydrogen) atoms. The van der Waals surface area contributed by atoms with Gasteiger partial charge in [0.15, 0.2) is 0 Å². The first-order valence-electron chi connectivity index (χ1n) is 8.19. The van der Waals surface area contributed by atoms with Crippen molar-refractivity contribution in [2.45, 2.75) is 45.7 Å². The summed E-state index contributed by atoms with van der Waals surface area (Å²) in [5, 5.41) is 3.00. The van der Waals surface area contributed by atoms with E-state index in [1.165, 1.54) is 11.1 Å². The Morgan fingerprint density at radius 3 is 2.22 bits per heavy atom. The van der Waals surface area contributed by atoms with Gasteiger partial charge in [-0.3, -0.25) is 4.79 Å². The molecule has 3 N–H and O–H groups in total. The van der Waals surface area contributed by atoms with Crippen LogP contribution >= 0.6 is 12.4 Å². The van der Waals surface area contributed by atoms with E-state index >= 15 is 0 Å². The number of nitrogens with two attached hydrogens (primary N) is 1. The quantitative estimate of drug-likeness (QED) is 0.764. The summed E-state index contributed by atoms with van der Waals surface area (Å²) in [5.74, 6) is 0.132. The van der Waals surface area contributed by atoms with Crippen molar-refractivity contribution in [3.05, 3.63) is 35.4 Å². The first kappa shape index (κ1) is 21.9. The molecule has 132 valence electrons. The molecule has 1 aromatic carbocycles. The summed E-state index contributed by atoms with van der Waals surface area (Å²) >= 11 is 0. The molecule has 0 saturated carbocycles. The second-order valence-corrected chi connectivity index (χ2v) is 6.23. The fourth-order valence-electron chi connectivity index (χ4n) is 2.40. The normalized spacial score (nSPS) is 14.7. The minimum Gasteiger partial charge on any atom is -0.353 e. The monoisotopic (exact) mass is 341 g/mol. The van der Waals surface area contributed by atoms with E-state index in [-0.39, 0.29) is 30.3 Å². The Morgan fingerprint density at radius 1 is 1.22 bits per heavy atom. The van der Waals surface area contributed by atoms with Crippen LogP contribution in [0.2, 0.25) is 0 Å². The van der Waals surface area contributed by atoms with Gasteiger partial charge in [-0.25, -0.2) is 0 Å². The molecule has 0 heterocycles. The molecule has 1 amide bonds. The topological polar surface area (TPSA) is 58.4 Å². The first-order valence-corrected chi connectivity index (χ1v) is 8.19. The number of hydrogen-bond acceptors (Lipinski definition) is 3. The average molecular weight is 342 g/mol. The summed E-state index contributed by atoms with van der Waals surface area (Å²) in [5.41, 5.74) is 8.52. The zero-order valence-corrected chi connectivity index (χ0v) is 15.8. The fraction of sp³-hybridized carbons (Fsp3) is 0.611. The second-order valence-electron chi connectivity index (χ2n) is 6.23. The summed E-state index contributed by atoms with van der Waals surface area (Å²) in [6, 6.07) is 8.31. The molecule has 4 nitrogen and oxygen atoms in total. The van der Waals surface area contributed by atoms with Crippen molar-refractivity contribution >= 4 is 18.3 Å². The highest BCUT2D eigenvalue weighted by molar-refractivity contribution is 5.85. The number of nitrogens with one attached hydrogen (secondary N) is 1. The zero-order valence-electron chi connectivity index (χ0n) is 15.0. The molecule has 0 spiro atoms. The summed E-state index contributed by atoms with van der Waals surface area (Å²) in [6.07, 6.45) is 1.94. The van der Waals surface area contributed by atoms with Gasteiger partial charge in [0.05, 0.1) is 12.1 Å². The number of hydrogen-bond donors (Lipinski definition) is 2. The first-order chi connectivity index (χ1) is 10.4. The minimum atomic E-state index is -0.435. The standard InChI is InChI=1S/C18H31N3O.ClH/c1-6-13(3)17(19)18(22)20-12-16(21(4)5)15-10-8-14(7-2)9-11-15;/h8-11,13,16-17H,6-7,12,19H2,1-5H3,(H,20,22);1H. The van der Waals surface area contributed by atoms with Gasteiger partial charge >= 0.3 is 0 Å². The van der Waals surface area contributed by atoms with Crippen LogP contribution in [0.3, 0.4) is 0 Å². The van der Waals surface area contributed by atoms with Crippen LogP contribution in [-0.2, 0) is 11.2 Å². The number of rotatable bonds is 8. The SMILES string of the molecule is CCc1ccc(C(CNC(=O)C(N)C(C)CC)N(C)C)cc1.Cl. The number of carbonyl (C=O) groups excluding carboxylic acids is 1. The van der Waals surface area contributed by atoms with Gasteiger partial charge in [-0.05, 0) is 37.6 Å². The van der Waals surface area contributed by atoms with Gasteiger partial charge in [-0.1, -0.05) is 51.5 Å². The van der Waals surface area contributed by atoms with Crippen molar-refractivity contribution in [3.63, 3.8) is 0 Å². The molecular weight excluding hydrogens is 310 g/mol. The Bertz CT molecular complexity index is 462. The van der Waals surface area contributed by atoms with Gasteiger partial charge < -0.3 is 16.0 Å². The molecule has 0 fully saturated rings. The van der Waals surface area contributed by atoms with Crippen molar-refractivity contribution in [2.75, 3.05) is 20.6 Å². The van der Waals surface area contributed by atoms with Crippen LogP contribution < -0.4 is 11.1 Å². The van der Waals surface area contributed by atoms with E-state index in [1.54, 1.807) is 0 Å². The molecule has 0 saturated heterocycles. The maximum atomic E-state index is 12.1. The summed E-state index contributed by atoms with van der Waals surface area (Å²) < 4.78 is 0. The number of halogens is 1. The summed E-state index contributed by atoms with van der Waals surface area (Å²) in [4.78, 5) is 14.3. The van der Waals surface area contributed by atoms with Crippen LogP contribution in [0.25, 0.3) is 0 Å². The summed E-state index contributed by atoms with van der Waals surface area (Å²) in [6.45, 7) is 6.78. The number of benzene rings is 1. The van der Waals surface area contributed by atoms with E-state index in [0.29, 0.717) is 6.54 Å². The molecule has 1 rings (SSSR count). The molecule has 5 heteroatoms. The van der Waals surface area contributed by atoms with Crippen LogP contribution in [-0.4, -0.2) is 37.5 Å². The van der Waals surface area contributed by atoms with E-state index in [4.69, 9.17) is 5.73 Å². The minimum absolute atomic E-state index is 0. The van der Waals surface area contributed by atoms with Crippen molar-refractivity contribution in [3.8, 4) is 0 Å². The number of carbonyl (C=O) groups is 1. The van der Waals surface area contributed by atoms with Gasteiger partial charge in [-0.2, -0.15) is 0 Å². The maximum absolute atomic E-state index is 12.1. The zero-order chi connectivity index (χ0) is 16.7. The molecule has 0 aromatic heterocycles. The fourth-order valence-corrected chi connectivity index (χ4v) is 2.40. The molecule has 0 bridgehead atoms. The summed E-state index contributed by atoms with van der Waals surface area (Å²) in [7, 11) is 4.05. The van der Waals surface area contributed by atoms with E-state index in [9.17, 15) is 4.79 Å². The Kier molecular flexibility index (Phi) is 10.1. The Labute approximate surface area is 147 Å². The van der Waals surface area contributed by atoms with Crippen molar-refractivity contribution < 1.29 is 4.79 Å². The van der Waals surface area contributed by atoms with Gasteiger partial charge in [-0.15, -0.1) is 12.4 Å². The van der Waals surface area contributed by atoms with Crippen molar-refractivity contribution in [1.82, 2.24) is 10.2 Å². The maximum Gasteiger partial charge on any atom is 0.237 e. The predicted molar refractivity (Wildman–Crippen MR) is 99.9 cm³/mol. The molecule has 0 radical (unpaired) electrons. The second kappa shape index (κ2) is 10.6. The molecule has 3 atom stereocenters. The highest BCUT2D eigenvalue weighted by Crippen LogP contribution is 2.18. The average Bonchev–Trinajstić information content (AvgIpc) is 2.53. The lowest BCUT2D eigenvalue weighted by Gasteiger charge is -2.26. The van der Waals surface area contributed by atoms with Crippen molar-refractivity contribution in [1.29, 1.82) is 0 Å². The van der Waals surface area contributed by atoms with Gasteiger partial charge in [0.25, 0.3) is 0 Å². The van der Waals surface area contributed by atoms with Crippen molar-refractivity contribution in [2.24, 2.45) is 11.7 Å². The molecule has 0 aliphatic rings. The predicted octanol–water partition coefficient (Wildman–Crippen LogP) is 2.76. The number of aryl methyl sites for hydroxylation is 1. The Balaban J connectivity index is 0.00000484. The third-order valence-corrected chi connectivity index (χ3v) is 4.43. The smallest absolute Gasteiger partial charge is 0.237 e. The largest absolute Gasteiger partial charge is 0.353 e. The highest BCUT2D eigenvalue weighted by atomic mass is 35.5. The third kappa shape index (κ3) is 6.50. The number of nitrogens with zero attached hydrogens (tertiary/aromatic N) is 1. The molecule has 3 unspecified atom stereocenters. The molecule has 0 aliphatic carbocycles. The molecule has 0 aliphatic heterocycles. The molecule has 1 aromatic rings. The van der Waals surface area contributed by atoms with E-state index in [2.05, 4.69) is 48.3 Å². The Morgan fingerprint density at radius 2 is 1.78 bits per heavy atom. The lowest BCUT2D eigenvalue weighted by atomic mass is 9.99. The lowest BCUT2D eigenvalue weighted by Crippen LogP contribution is -2.46. The number of likely N-dealkylation sites (N-methyl/N-ethyl adjacent to an activating group) is 1. The van der Waals surface area contributed by atoms with Gasteiger partial charge in [0.1, 0.15) is 0 Å². The van der Waals surface area contributed by atoms with Gasteiger partial charge in [0, 0.05) is 6.54 Å². The number of amides is 1. The molecular formula is C18H32ClN3O. The highest BCUT2D eigenvalue weighted by Gasteiger charge is 2.21. The Hall–Kier alpha value is -1.10. The van der Waals surface area contributed by atoms with E-state index in [0.717, 1.165) is 12.8 Å².